The highest BCUT2D eigenvalue weighted by Gasteiger charge is 2.10. The van der Waals surface area contributed by atoms with Crippen molar-refractivity contribution >= 4 is 23.5 Å². The molecule has 3 aromatic carbocycles. The first-order valence-corrected chi connectivity index (χ1v) is 9.07. The van der Waals surface area contributed by atoms with Crippen LogP contribution in [0.2, 0.25) is 0 Å². The standard InChI is InChI=1S/C24H24FNO/c1-4-26(22-15-13-21(25)14-16-22)23-17-19(10-9-18(23)2)11-12-20-7-5-6-8-24(20)27-3/h5-17H,4H2,1-3H3/b12-11+. The Morgan fingerprint density at radius 1 is 0.963 bits per heavy atom. The third kappa shape index (κ3) is 4.37. The highest BCUT2D eigenvalue weighted by molar-refractivity contribution is 5.76. The number of anilines is 2. The summed E-state index contributed by atoms with van der Waals surface area (Å²) in [5, 5.41) is 0. The molecule has 27 heavy (non-hydrogen) atoms. The lowest BCUT2D eigenvalue weighted by molar-refractivity contribution is 0.414. The molecule has 0 aromatic heterocycles. The molecule has 0 saturated carbocycles. The van der Waals surface area contributed by atoms with Crippen molar-refractivity contribution in [3.8, 4) is 5.75 Å². The summed E-state index contributed by atoms with van der Waals surface area (Å²) in [6, 6.07) is 20.9. The molecule has 0 spiro atoms. The summed E-state index contributed by atoms with van der Waals surface area (Å²) in [5.41, 5.74) is 5.41. The molecule has 0 heterocycles. The van der Waals surface area contributed by atoms with E-state index in [0.29, 0.717) is 0 Å². The number of benzene rings is 3. The first-order chi connectivity index (χ1) is 13.1. The van der Waals surface area contributed by atoms with Gasteiger partial charge >= 0.3 is 0 Å². The number of ether oxygens (including phenoxy) is 1. The van der Waals surface area contributed by atoms with E-state index in [4.69, 9.17) is 4.74 Å². The number of rotatable bonds is 6. The van der Waals surface area contributed by atoms with Gasteiger partial charge in [-0.1, -0.05) is 42.5 Å². The monoisotopic (exact) mass is 361 g/mol. The Kier molecular flexibility index (Phi) is 5.92. The molecule has 138 valence electrons. The van der Waals surface area contributed by atoms with Gasteiger partial charge in [0.1, 0.15) is 11.6 Å². The van der Waals surface area contributed by atoms with Crippen LogP contribution in [0.4, 0.5) is 15.8 Å². The molecule has 0 radical (unpaired) electrons. The number of aryl methyl sites for hydroxylation is 1. The molecule has 0 atom stereocenters. The fraction of sp³-hybridized carbons (Fsp3) is 0.167. The SMILES string of the molecule is CCN(c1ccc(F)cc1)c1cc(/C=C/c2ccccc2OC)ccc1C. The van der Waals surface area contributed by atoms with Crippen LogP contribution in [0.15, 0.2) is 66.7 Å². The number of nitrogens with zero attached hydrogens (tertiary/aromatic N) is 1. The van der Waals surface area contributed by atoms with Crippen molar-refractivity contribution in [3.05, 3.63) is 89.2 Å². The fourth-order valence-electron chi connectivity index (χ4n) is 3.12. The predicted molar refractivity (Wildman–Crippen MR) is 112 cm³/mol. The van der Waals surface area contributed by atoms with Crippen LogP contribution in [0, 0.1) is 12.7 Å². The number of methoxy groups -OCH3 is 1. The Hall–Kier alpha value is -3.07. The molecule has 3 heteroatoms. The molecular weight excluding hydrogens is 337 g/mol. The van der Waals surface area contributed by atoms with Gasteiger partial charge in [-0.15, -0.1) is 0 Å². The van der Waals surface area contributed by atoms with E-state index in [9.17, 15) is 4.39 Å². The summed E-state index contributed by atoms with van der Waals surface area (Å²) in [6.07, 6.45) is 4.14. The Labute approximate surface area is 160 Å². The van der Waals surface area contributed by atoms with Gasteiger partial charge < -0.3 is 9.64 Å². The van der Waals surface area contributed by atoms with Gasteiger partial charge in [0.05, 0.1) is 7.11 Å². The summed E-state index contributed by atoms with van der Waals surface area (Å²) < 4.78 is 18.7. The highest BCUT2D eigenvalue weighted by atomic mass is 19.1. The molecular formula is C24H24FNO. The van der Waals surface area contributed by atoms with E-state index in [1.807, 2.05) is 36.4 Å². The molecule has 0 fully saturated rings. The van der Waals surface area contributed by atoms with Crippen molar-refractivity contribution in [1.29, 1.82) is 0 Å². The number of hydrogen-bond acceptors (Lipinski definition) is 2. The maximum atomic E-state index is 13.3. The van der Waals surface area contributed by atoms with Crippen molar-refractivity contribution in [1.82, 2.24) is 0 Å². The van der Waals surface area contributed by atoms with Crippen LogP contribution >= 0.6 is 0 Å². The van der Waals surface area contributed by atoms with Crippen molar-refractivity contribution in [2.45, 2.75) is 13.8 Å². The van der Waals surface area contributed by atoms with Crippen LogP contribution in [0.3, 0.4) is 0 Å². The predicted octanol–water partition coefficient (Wildman–Crippen LogP) is 6.47. The fourth-order valence-corrected chi connectivity index (χ4v) is 3.12. The second kappa shape index (κ2) is 8.54. The minimum Gasteiger partial charge on any atom is -0.496 e. The maximum absolute atomic E-state index is 13.3. The lowest BCUT2D eigenvalue weighted by Gasteiger charge is -2.25. The van der Waals surface area contributed by atoms with E-state index in [0.717, 1.165) is 34.8 Å². The summed E-state index contributed by atoms with van der Waals surface area (Å²) in [5.74, 6) is 0.627. The first kappa shape index (κ1) is 18.7. The van der Waals surface area contributed by atoms with E-state index in [2.05, 4.69) is 49.1 Å². The van der Waals surface area contributed by atoms with Crippen molar-refractivity contribution in [2.24, 2.45) is 0 Å². The average Bonchev–Trinajstić information content (AvgIpc) is 2.70. The second-order valence-corrected chi connectivity index (χ2v) is 6.34. The van der Waals surface area contributed by atoms with Gasteiger partial charge in [-0.05, 0) is 61.4 Å². The van der Waals surface area contributed by atoms with Gasteiger partial charge in [-0.25, -0.2) is 4.39 Å². The highest BCUT2D eigenvalue weighted by Crippen LogP contribution is 2.30. The van der Waals surface area contributed by atoms with Crippen LogP contribution in [0.5, 0.6) is 5.75 Å². The van der Waals surface area contributed by atoms with Crippen LogP contribution in [-0.4, -0.2) is 13.7 Å². The molecule has 0 aliphatic heterocycles. The Bertz CT molecular complexity index is 931. The van der Waals surface area contributed by atoms with E-state index in [1.54, 1.807) is 7.11 Å². The molecule has 3 aromatic rings. The van der Waals surface area contributed by atoms with Gasteiger partial charge in [0.25, 0.3) is 0 Å². The Balaban J connectivity index is 1.93. The molecule has 0 aliphatic carbocycles. The van der Waals surface area contributed by atoms with Gasteiger partial charge in [-0.3, -0.25) is 0 Å². The maximum Gasteiger partial charge on any atom is 0.126 e. The summed E-state index contributed by atoms with van der Waals surface area (Å²) >= 11 is 0. The summed E-state index contributed by atoms with van der Waals surface area (Å²) in [7, 11) is 1.68. The number of para-hydroxylation sites is 1. The first-order valence-electron chi connectivity index (χ1n) is 9.07. The Morgan fingerprint density at radius 3 is 2.41 bits per heavy atom. The third-order valence-electron chi connectivity index (χ3n) is 4.57. The molecule has 0 bridgehead atoms. The van der Waals surface area contributed by atoms with Gasteiger partial charge in [0, 0.05) is 23.5 Å². The van der Waals surface area contributed by atoms with E-state index < -0.39 is 0 Å². The van der Waals surface area contributed by atoms with Crippen molar-refractivity contribution < 1.29 is 9.13 Å². The minimum atomic E-state index is -0.222. The van der Waals surface area contributed by atoms with Gasteiger partial charge in [0.2, 0.25) is 0 Å². The minimum absolute atomic E-state index is 0.222. The molecule has 0 unspecified atom stereocenters. The molecule has 0 N–H and O–H groups in total. The average molecular weight is 361 g/mol. The number of halogens is 1. The van der Waals surface area contributed by atoms with Gasteiger partial charge in [-0.2, -0.15) is 0 Å². The van der Waals surface area contributed by atoms with E-state index >= 15 is 0 Å². The number of hydrogen-bond donors (Lipinski definition) is 0. The van der Waals surface area contributed by atoms with Crippen LogP contribution in [-0.2, 0) is 0 Å². The largest absolute Gasteiger partial charge is 0.496 e. The smallest absolute Gasteiger partial charge is 0.126 e. The van der Waals surface area contributed by atoms with Crippen molar-refractivity contribution in [3.63, 3.8) is 0 Å². The van der Waals surface area contributed by atoms with Crippen molar-refractivity contribution in [2.75, 3.05) is 18.6 Å². The second-order valence-electron chi connectivity index (χ2n) is 6.34. The lowest BCUT2D eigenvalue weighted by atomic mass is 10.1. The summed E-state index contributed by atoms with van der Waals surface area (Å²) in [4.78, 5) is 2.19. The van der Waals surface area contributed by atoms with Gasteiger partial charge in [0.15, 0.2) is 0 Å². The van der Waals surface area contributed by atoms with Crippen LogP contribution in [0.1, 0.15) is 23.6 Å². The molecule has 3 rings (SSSR count). The van der Waals surface area contributed by atoms with E-state index in [1.165, 1.54) is 17.7 Å². The third-order valence-corrected chi connectivity index (χ3v) is 4.57. The zero-order chi connectivity index (χ0) is 19.2. The zero-order valence-electron chi connectivity index (χ0n) is 15.9. The molecule has 0 aliphatic rings. The molecule has 0 saturated heterocycles. The van der Waals surface area contributed by atoms with Crippen LogP contribution in [0.25, 0.3) is 12.2 Å². The Morgan fingerprint density at radius 2 is 1.70 bits per heavy atom. The van der Waals surface area contributed by atoms with E-state index in [-0.39, 0.29) is 5.82 Å². The molecule has 0 amide bonds. The topological polar surface area (TPSA) is 12.5 Å². The zero-order valence-corrected chi connectivity index (χ0v) is 15.9. The lowest BCUT2D eigenvalue weighted by Crippen LogP contribution is -2.17. The van der Waals surface area contributed by atoms with Crippen LogP contribution < -0.4 is 9.64 Å². The molecule has 2 nitrogen and oxygen atoms in total. The quantitative estimate of drug-likeness (QED) is 0.466. The summed E-state index contributed by atoms with van der Waals surface area (Å²) in [6.45, 7) is 4.99. The normalized spacial score (nSPS) is 11.0.